The normalized spacial score (nSPS) is 16.1. The summed E-state index contributed by atoms with van der Waals surface area (Å²) < 4.78 is 0. The van der Waals surface area contributed by atoms with Gasteiger partial charge < -0.3 is 4.90 Å². The molecule has 3 aromatic rings. The van der Waals surface area contributed by atoms with E-state index in [4.69, 9.17) is 4.98 Å². The Morgan fingerprint density at radius 3 is 2.79 bits per heavy atom. The topological polar surface area (TPSA) is 74.8 Å². The molecule has 0 saturated carbocycles. The zero-order valence-electron chi connectivity index (χ0n) is 16.6. The van der Waals surface area contributed by atoms with Gasteiger partial charge in [0, 0.05) is 47.9 Å². The van der Waals surface area contributed by atoms with Crippen molar-refractivity contribution < 1.29 is 4.79 Å². The molecule has 6 nitrogen and oxygen atoms in total. The summed E-state index contributed by atoms with van der Waals surface area (Å²) in [4.78, 5) is 24.5. The number of pyridine rings is 2. The van der Waals surface area contributed by atoms with Crippen LogP contribution in [0.5, 0.6) is 0 Å². The monoisotopic (exact) mass is 377 g/mol. The van der Waals surface area contributed by atoms with Crippen LogP contribution in [0.4, 0.5) is 0 Å². The molecule has 1 fully saturated rings. The van der Waals surface area contributed by atoms with Gasteiger partial charge in [-0.15, -0.1) is 0 Å². The number of fused-ring (bicyclic) bond motifs is 1. The third-order valence-electron chi connectivity index (χ3n) is 5.45. The average molecular weight is 377 g/mol. The van der Waals surface area contributed by atoms with Crippen molar-refractivity contribution in [2.24, 2.45) is 11.8 Å². The van der Waals surface area contributed by atoms with E-state index in [1.807, 2.05) is 30.6 Å². The number of H-pyrrole nitrogens is 1. The summed E-state index contributed by atoms with van der Waals surface area (Å²) in [5, 5.41) is 7.77. The van der Waals surface area contributed by atoms with Crippen LogP contribution in [0.2, 0.25) is 0 Å². The lowest BCUT2D eigenvalue weighted by atomic mass is 9.90. The van der Waals surface area contributed by atoms with Crippen LogP contribution in [-0.4, -0.2) is 50.5 Å². The highest BCUT2D eigenvalue weighted by molar-refractivity contribution is 5.85. The molecule has 4 heterocycles. The molecular formula is C22H27N5O. The molecular weight excluding hydrogens is 350 g/mol. The maximum absolute atomic E-state index is 12.8. The molecule has 1 saturated heterocycles. The molecule has 0 atom stereocenters. The molecule has 0 unspecified atom stereocenters. The first-order valence-corrected chi connectivity index (χ1v) is 10.1. The van der Waals surface area contributed by atoms with Gasteiger partial charge in [-0.3, -0.25) is 14.9 Å². The van der Waals surface area contributed by atoms with Crippen molar-refractivity contribution in [1.82, 2.24) is 25.1 Å². The van der Waals surface area contributed by atoms with Crippen LogP contribution >= 0.6 is 0 Å². The van der Waals surface area contributed by atoms with Crippen LogP contribution < -0.4 is 0 Å². The Morgan fingerprint density at radius 2 is 2.07 bits per heavy atom. The van der Waals surface area contributed by atoms with Gasteiger partial charge in [0.2, 0.25) is 0 Å². The van der Waals surface area contributed by atoms with Crippen molar-refractivity contribution >= 4 is 16.7 Å². The average Bonchev–Trinajstić information content (AvgIpc) is 3.22. The van der Waals surface area contributed by atoms with Crippen LogP contribution in [0.3, 0.4) is 0 Å². The number of nitrogens with zero attached hydrogens (tertiary/aromatic N) is 4. The lowest BCUT2D eigenvalue weighted by Gasteiger charge is -2.32. The maximum atomic E-state index is 12.8. The number of aromatic amines is 1. The number of aromatic nitrogens is 4. The summed E-state index contributed by atoms with van der Waals surface area (Å²) in [6.07, 6.45) is 7.71. The summed E-state index contributed by atoms with van der Waals surface area (Å²) >= 11 is 0. The van der Waals surface area contributed by atoms with Gasteiger partial charge in [-0.25, -0.2) is 4.98 Å². The Morgan fingerprint density at radius 1 is 1.25 bits per heavy atom. The second-order valence-corrected chi connectivity index (χ2v) is 8.16. The smallest absolute Gasteiger partial charge is 0.142 e. The number of hydrogen-bond acceptors (Lipinski definition) is 5. The first-order chi connectivity index (χ1) is 13.6. The zero-order valence-corrected chi connectivity index (χ0v) is 16.6. The Kier molecular flexibility index (Phi) is 5.48. The van der Waals surface area contributed by atoms with Gasteiger partial charge in [-0.05, 0) is 50.0 Å². The van der Waals surface area contributed by atoms with Crippen molar-refractivity contribution in [3.63, 3.8) is 0 Å². The van der Waals surface area contributed by atoms with Crippen molar-refractivity contribution in [1.29, 1.82) is 0 Å². The number of likely N-dealkylation sites (tertiary alicyclic amines) is 1. The minimum Gasteiger partial charge on any atom is -0.303 e. The van der Waals surface area contributed by atoms with Gasteiger partial charge in [0.25, 0.3) is 0 Å². The van der Waals surface area contributed by atoms with Crippen molar-refractivity contribution in [2.75, 3.05) is 19.6 Å². The van der Waals surface area contributed by atoms with Crippen LogP contribution in [0.15, 0.2) is 36.8 Å². The van der Waals surface area contributed by atoms with Crippen LogP contribution in [0.25, 0.3) is 22.2 Å². The van der Waals surface area contributed by atoms with Gasteiger partial charge >= 0.3 is 0 Å². The standard InChI is InChI=1S/C22H27N5O/c1-15(2)14-27-7-5-16(6-8-27)22(28)10-19-9-21-17(11-23-19)3-4-20(26-21)18-12-24-25-13-18/h3-4,9,11-13,15-16H,5-8,10,14H2,1-2H3,(H,24,25). The number of nitrogens with one attached hydrogen (secondary N) is 1. The molecule has 1 N–H and O–H groups in total. The van der Waals surface area contributed by atoms with Crippen LogP contribution in [0.1, 0.15) is 32.4 Å². The summed E-state index contributed by atoms with van der Waals surface area (Å²) in [6.45, 7) is 7.66. The Balaban J connectivity index is 1.43. The fraction of sp³-hybridized carbons (Fsp3) is 0.455. The summed E-state index contributed by atoms with van der Waals surface area (Å²) in [7, 11) is 0. The highest BCUT2D eigenvalue weighted by Gasteiger charge is 2.25. The molecule has 1 aliphatic rings. The number of Topliss-reactive ketones (excluding diaryl/α,β-unsaturated/α-hetero) is 1. The van der Waals surface area contributed by atoms with Gasteiger partial charge in [0.05, 0.1) is 17.4 Å². The number of hydrogen-bond donors (Lipinski definition) is 1. The summed E-state index contributed by atoms with van der Waals surface area (Å²) in [5.41, 5.74) is 3.48. The highest BCUT2D eigenvalue weighted by Crippen LogP contribution is 2.23. The zero-order chi connectivity index (χ0) is 19.5. The Bertz CT molecular complexity index is 943. The first kappa shape index (κ1) is 18.7. The molecule has 0 bridgehead atoms. The molecule has 0 amide bonds. The molecule has 1 aliphatic heterocycles. The molecule has 0 spiro atoms. The number of carbonyl (C=O) groups is 1. The first-order valence-electron chi connectivity index (χ1n) is 10.1. The molecule has 146 valence electrons. The lowest BCUT2D eigenvalue weighted by molar-refractivity contribution is -0.123. The van der Waals surface area contributed by atoms with E-state index < -0.39 is 0 Å². The van der Waals surface area contributed by atoms with Gasteiger partial charge in [-0.2, -0.15) is 5.10 Å². The van der Waals surface area contributed by atoms with E-state index in [1.165, 1.54) is 0 Å². The van der Waals surface area contributed by atoms with Crippen LogP contribution in [0, 0.1) is 11.8 Å². The van der Waals surface area contributed by atoms with Gasteiger partial charge in [0.15, 0.2) is 0 Å². The molecule has 0 aromatic carbocycles. The van der Waals surface area contributed by atoms with E-state index in [0.717, 1.165) is 60.3 Å². The number of ketones is 1. The van der Waals surface area contributed by atoms with E-state index in [-0.39, 0.29) is 5.92 Å². The van der Waals surface area contributed by atoms with E-state index in [9.17, 15) is 4.79 Å². The second kappa shape index (κ2) is 8.19. The van der Waals surface area contributed by atoms with Crippen molar-refractivity contribution in [2.45, 2.75) is 33.1 Å². The van der Waals surface area contributed by atoms with Crippen molar-refractivity contribution in [3.8, 4) is 11.3 Å². The van der Waals surface area contributed by atoms with Gasteiger partial charge in [-0.1, -0.05) is 13.8 Å². The lowest BCUT2D eigenvalue weighted by Crippen LogP contribution is -2.38. The summed E-state index contributed by atoms with van der Waals surface area (Å²) in [5.74, 6) is 1.14. The molecule has 6 heteroatoms. The van der Waals surface area contributed by atoms with E-state index in [0.29, 0.717) is 18.1 Å². The minimum absolute atomic E-state index is 0.158. The van der Waals surface area contributed by atoms with Crippen LogP contribution in [-0.2, 0) is 11.2 Å². The predicted octanol–water partition coefficient (Wildman–Crippen LogP) is 3.50. The molecule has 28 heavy (non-hydrogen) atoms. The molecule has 4 rings (SSSR count). The number of piperidine rings is 1. The highest BCUT2D eigenvalue weighted by atomic mass is 16.1. The van der Waals surface area contributed by atoms with Crippen molar-refractivity contribution in [3.05, 3.63) is 42.5 Å². The quantitative estimate of drug-likeness (QED) is 0.712. The Labute approximate surface area is 165 Å². The third-order valence-corrected chi connectivity index (χ3v) is 5.45. The largest absolute Gasteiger partial charge is 0.303 e. The summed E-state index contributed by atoms with van der Waals surface area (Å²) in [6, 6.07) is 5.92. The fourth-order valence-corrected chi connectivity index (χ4v) is 3.98. The Hall–Kier alpha value is -2.60. The van der Waals surface area contributed by atoms with Gasteiger partial charge in [0.1, 0.15) is 5.78 Å². The van der Waals surface area contributed by atoms with E-state index in [2.05, 4.69) is 33.9 Å². The van der Waals surface area contributed by atoms with E-state index in [1.54, 1.807) is 6.20 Å². The van der Waals surface area contributed by atoms with E-state index >= 15 is 0 Å². The maximum Gasteiger partial charge on any atom is 0.142 e. The predicted molar refractivity (Wildman–Crippen MR) is 110 cm³/mol. The molecule has 0 aliphatic carbocycles. The minimum atomic E-state index is 0.158. The SMILES string of the molecule is CC(C)CN1CCC(C(=O)Cc2cc3nc(-c4cn[nH]c4)ccc3cn2)CC1. The fourth-order valence-electron chi connectivity index (χ4n) is 3.98. The third kappa shape index (κ3) is 4.28. The molecule has 0 radical (unpaired) electrons. The second-order valence-electron chi connectivity index (χ2n) is 8.16. The number of rotatable bonds is 6. The molecule has 3 aromatic heterocycles. The number of carbonyl (C=O) groups excluding carboxylic acids is 1.